The molecule has 2 amide bonds. The average molecular weight is 398 g/mol. The van der Waals surface area contributed by atoms with Gasteiger partial charge in [-0.25, -0.2) is 9.18 Å². The molecular weight excluding hydrogens is 383 g/mol. The molecule has 2 aromatic rings. The van der Waals surface area contributed by atoms with Crippen LogP contribution in [0.5, 0.6) is 5.75 Å². The summed E-state index contributed by atoms with van der Waals surface area (Å²) in [4.78, 5) is 39.7. The lowest BCUT2D eigenvalue weighted by atomic mass is 9.83. The Morgan fingerprint density at radius 1 is 1.14 bits per heavy atom. The molecule has 8 nitrogen and oxygen atoms in total. The summed E-state index contributed by atoms with van der Waals surface area (Å²) in [5, 5.41) is 13.1. The fourth-order valence-corrected chi connectivity index (χ4v) is 3.77. The number of esters is 1. The first-order valence-corrected chi connectivity index (χ1v) is 8.48. The molecule has 2 aliphatic rings. The van der Waals surface area contributed by atoms with Gasteiger partial charge < -0.3 is 19.9 Å². The first-order valence-electron chi connectivity index (χ1n) is 8.48. The standard InChI is InChI=1S/C20H15FN2O6/c1-28-12-6-4-11(5-7-12)23-17(25)16(24)15(18(26)29-2)20(23)13-9-10(21)3-8-14(13)22-19(20)27/h3-9,24H,1-2H3,(H,22,27). The Labute approximate surface area is 164 Å². The predicted molar refractivity (Wildman–Crippen MR) is 98.9 cm³/mol. The fourth-order valence-electron chi connectivity index (χ4n) is 3.77. The van der Waals surface area contributed by atoms with Crippen molar-refractivity contribution < 1.29 is 33.4 Å². The molecule has 2 aromatic carbocycles. The van der Waals surface area contributed by atoms with Crippen molar-refractivity contribution in [3.8, 4) is 5.75 Å². The summed E-state index contributed by atoms with van der Waals surface area (Å²) in [6.07, 6.45) is 0. The maximum atomic E-state index is 14.1. The number of nitrogens with zero attached hydrogens (tertiary/aromatic N) is 1. The average Bonchev–Trinajstić information content (AvgIpc) is 3.13. The molecule has 2 heterocycles. The van der Waals surface area contributed by atoms with Crippen LogP contribution in [0.15, 0.2) is 53.8 Å². The lowest BCUT2D eigenvalue weighted by molar-refractivity contribution is -0.138. The number of carbonyl (C=O) groups is 3. The second-order valence-corrected chi connectivity index (χ2v) is 6.41. The Kier molecular flexibility index (Phi) is 4.04. The van der Waals surface area contributed by atoms with Crippen LogP contribution in [-0.2, 0) is 24.7 Å². The van der Waals surface area contributed by atoms with E-state index in [-0.39, 0.29) is 16.9 Å². The summed E-state index contributed by atoms with van der Waals surface area (Å²) < 4.78 is 23.9. The van der Waals surface area contributed by atoms with E-state index in [0.717, 1.165) is 24.1 Å². The molecule has 1 atom stereocenters. The van der Waals surface area contributed by atoms with Crippen molar-refractivity contribution in [2.24, 2.45) is 0 Å². The van der Waals surface area contributed by atoms with Crippen LogP contribution in [0, 0.1) is 5.82 Å². The molecule has 1 spiro atoms. The van der Waals surface area contributed by atoms with Crippen LogP contribution in [0.3, 0.4) is 0 Å². The van der Waals surface area contributed by atoms with Crippen LogP contribution in [0.2, 0.25) is 0 Å². The largest absolute Gasteiger partial charge is 0.503 e. The van der Waals surface area contributed by atoms with Crippen LogP contribution in [0.25, 0.3) is 0 Å². The minimum atomic E-state index is -2.12. The van der Waals surface area contributed by atoms with E-state index in [1.54, 1.807) is 12.1 Å². The minimum Gasteiger partial charge on any atom is -0.503 e. The van der Waals surface area contributed by atoms with Crippen molar-refractivity contribution >= 4 is 29.2 Å². The first kappa shape index (κ1) is 18.5. The van der Waals surface area contributed by atoms with Crippen LogP contribution >= 0.6 is 0 Å². The molecule has 0 aromatic heterocycles. The number of carbonyl (C=O) groups excluding carboxylic acids is 3. The van der Waals surface area contributed by atoms with Gasteiger partial charge in [-0.15, -0.1) is 0 Å². The number of methoxy groups -OCH3 is 2. The molecule has 0 aliphatic carbocycles. The first-order chi connectivity index (χ1) is 13.9. The highest BCUT2D eigenvalue weighted by molar-refractivity contribution is 6.27. The van der Waals surface area contributed by atoms with E-state index in [9.17, 15) is 23.9 Å². The minimum absolute atomic E-state index is 0.0103. The lowest BCUT2D eigenvalue weighted by Crippen LogP contribution is -2.52. The van der Waals surface area contributed by atoms with Crippen molar-refractivity contribution in [2.75, 3.05) is 24.4 Å². The highest BCUT2D eigenvalue weighted by atomic mass is 19.1. The van der Waals surface area contributed by atoms with E-state index in [1.807, 2.05) is 0 Å². The molecule has 148 valence electrons. The zero-order valence-electron chi connectivity index (χ0n) is 15.4. The number of aliphatic hydroxyl groups is 1. The molecular formula is C20H15FN2O6. The van der Waals surface area contributed by atoms with Gasteiger partial charge in [0.1, 0.15) is 17.1 Å². The highest BCUT2D eigenvalue weighted by Gasteiger charge is 2.65. The lowest BCUT2D eigenvalue weighted by Gasteiger charge is -2.34. The number of halogens is 1. The topological polar surface area (TPSA) is 105 Å². The van der Waals surface area contributed by atoms with Gasteiger partial charge in [0.25, 0.3) is 11.8 Å². The number of anilines is 2. The third-order valence-corrected chi connectivity index (χ3v) is 5.01. The van der Waals surface area contributed by atoms with Crippen LogP contribution < -0.4 is 15.0 Å². The molecule has 1 unspecified atom stereocenters. The number of hydrogen-bond acceptors (Lipinski definition) is 6. The summed E-state index contributed by atoms with van der Waals surface area (Å²) in [6.45, 7) is 0. The number of fused-ring (bicyclic) bond motifs is 2. The van der Waals surface area contributed by atoms with Gasteiger partial charge in [0.2, 0.25) is 0 Å². The van der Waals surface area contributed by atoms with Gasteiger partial charge in [-0.3, -0.25) is 14.5 Å². The fraction of sp³-hybridized carbons (Fsp3) is 0.150. The summed E-state index contributed by atoms with van der Waals surface area (Å²) in [5.41, 5.74) is -2.30. The Balaban J connectivity index is 2.04. The van der Waals surface area contributed by atoms with Gasteiger partial charge in [-0.1, -0.05) is 0 Å². The van der Waals surface area contributed by atoms with Crippen LogP contribution in [0.4, 0.5) is 15.8 Å². The van der Waals surface area contributed by atoms with Gasteiger partial charge in [0.05, 0.1) is 14.2 Å². The number of benzene rings is 2. The molecule has 2 N–H and O–H groups in total. The SMILES string of the molecule is COC(=O)C1=C(O)C(=O)N(c2ccc(OC)cc2)C12C(=O)Nc1ccc(F)cc12. The number of aliphatic hydroxyl groups excluding tert-OH is 1. The predicted octanol–water partition coefficient (Wildman–Crippen LogP) is 2.01. The van der Waals surface area contributed by atoms with E-state index in [1.165, 1.54) is 25.3 Å². The van der Waals surface area contributed by atoms with Crippen molar-refractivity contribution in [3.63, 3.8) is 0 Å². The van der Waals surface area contributed by atoms with Crippen LogP contribution in [-0.4, -0.2) is 37.1 Å². The molecule has 0 saturated carbocycles. The van der Waals surface area contributed by atoms with E-state index in [4.69, 9.17) is 9.47 Å². The zero-order chi connectivity index (χ0) is 20.9. The summed E-state index contributed by atoms with van der Waals surface area (Å²) in [7, 11) is 2.51. The Morgan fingerprint density at radius 3 is 2.45 bits per heavy atom. The number of amides is 2. The van der Waals surface area contributed by atoms with Gasteiger partial charge in [0.15, 0.2) is 11.3 Å². The van der Waals surface area contributed by atoms with Gasteiger partial charge in [-0.05, 0) is 42.5 Å². The molecule has 0 bridgehead atoms. The maximum absolute atomic E-state index is 14.1. The van der Waals surface area contributed by atoms with E-state index in [2.05, 4.69) is 5.32 Å². The third kappa shape index (κ3) is 2.33. The molecule has 0 fully saturated rings. The van der Waals surface area contributed by atoms with E-state index < -0.39 is 40.5 Å². The number of rotatable bonds is 3. The normalized spacial score (nSPS) is 20.2. The number of hydrogen-bond donors (Lipinski definition) is 2. The smallest absolute Gasteiger partial charge is 0.341 e. The second kappa shape index (κ2) is 6.33. The van der Waals surface area contributed by atoms with E-state index >= 15 is 0 Å². The van der Waals surface area contributed by atoms with Crippen LogP contribution in [0.1, 0.15) is 5.56 Å². The van der Waals surface area contributed by atoms with Crippen molar-refractivity contribution in [2.45, 2.75) is 5.54 Å². The molecule has 9 heteroatoms. The number of ether oxygens (including phenoxy) is 2. The van der Waals surface area contributed by atoms with Crippen molar-refractivity contribution in [1.29, 1.82) is 0 Å². The maximum Gasteiger partial charge on any atom is 0.341 e. The monoisotopic (exact) mass is 398 g/mol. The van der Waals surface area contributed by atoms with E-state index in [0.29, 0.717) is 5.75 Å². The second-order valence-electron chi connectivity index (χ2n) is 6.41. The summed E-state index contributed by atoms with van der Waals surface area (Å²) in [5.74, 6) is -4.02. The Bertz CT molecular complexity index is 1090. The quantitative estimate of drug-likeness (QED) is 0.767. The van der Waals surface area contributed by atoms with Crippen molar-refractivity contribution in [3.05, 3.63) is 65.2 Å². The van der Waals surface area contributed by atoms with Gasteiger partial charge >= 0.3 is 5.97 Å². The summed E-state index contributed by atoms with van der Waals surface area (Å²) in [6, 6.07) is 9.55. The summed E-state index contributed by atoms with van der Waals surface area (Å²) >= 11 is 0. The van der Waals surface area contributed by atoms with Gasteiger partial charge in [0, 0.05) is 16.9 Å². The van der Waals surface area contributed by atoms with Crippen molar-refractivity contribution in [1.82, 2.24) is 0 Å². The van der Waals surface area contributed by atoms with Gasteiger partial charge in [-0.2, -0.15) is 0 Å². The number of nitrogens with one attached hydrogen (secondary N) is 1. The molecule has 29 heavy (non-hydrogen) atoms. The molecule has 2 aliphatic heterocycles. The Morgan fingerprint density at radius 2 is 1.83 bits per heavy atom. The molecule has 0 radical (unpaired) electrons. The zero-order valence-corrected chi connectivity index (χ0v) is 15.4. The molecule has 4 rings (SSSR count). The highest BCUT2D eigenvalue weighted by Crippen LogP contribution is 2.52. The molecule has 0 saturated heterocycles. The Hall–Kier alpha value is -3.88. The third-order valence-electron chi connectivity index (χ3n) is 5.01.